The van der Waals surface area contributed by atoms with Gasteiger partial charge in [-0.3, -0.25) is 9.59 Å². The van der Waals surface area contributed by atoms with Crippen LogP contribution in [0.5, 0.6) is 11.5 Å². The number of anilines is 1. The summed E-state index contributed by atoms with van der Waals surface area (Å²) in [6, 6.07) is 23.9. The summed E-state index contributed by atoms with van der Waals surface area (Å²) in [4.78, 5) is 34.6. The maximum atomic E-state index is 14.0. The van der Waals surface area contributed by atoms with Gasteiger partial charge < -0.3 is 28.7 Å². The number of fused-ring (bicyclic) bond motifs is 3. The highest BCUT2D eigenvalue weighted by molar-refractivity contribution is 5.93. The van der Waals surface area contributed by atoms with Crippen LogP contribution in [0, 0.1) is 0 Å². The number of H-pyrrole nitrogens is 1. The fourth-order valence-electron chi connectivity index (χ4n) is 5.40. The van der Waals surface area contributed by atoms with E-state index < -0.39 is 6.04 Å². The van der Waals surface area contributed by atoms with Crippen LogP contribution in [-0.4, -0.2) is 36.7 Å². The van der Waals surface area contributed by atoms with Gasteiger partial charge in [0.25, 0.3) is 5.91 Å². The zero-order valence-corrected chi connectivity index (χ0v) is 21.4. The minimum atomic E-state index is -0.535. The summed E-state index contributed by atoms with van der Waals surface area (Å²) < 4.78 is 17.2. The van der Waals surface area contributed by atoms with Crippen LogP contribution in [0.4, 0.5) is 5.69 Å². The van der Waals surface area contributed by atoms with E-state index in [1.54, 1.807) is 23.1 Å². The van der Waals surface area contributed by atoms with Gasteiger partial charge in [0.1, 0.15) is 5.76 Å². The minimum Gasteiger partial charge on any atom is -0.454 e. The third-order valence-electron chi connectivity index (χ3n) is 7.41. The first-order chi connectivity index (χ1) is 19.0. The molecule has 7 rings (SSSR count). The molecule has 5 aromatic rings. The van der Waals surface area contributed by atoms with Crippen molar-refractivity contribution in [2.24, 2.45) is 0 Å². The minimum absolute atomic E-state index is 0.0819. The van der Waals surface area contributed by atoms with Crippen molar-refractivity contribution >= 4 is 22.5 Å². The Kier molecular flexibility index (Phi) is 5.23. The first-order valence-electron chi connectivity index (χ1n) is 12.7. The van der Waals surface area contributed by atoms with E-state index in [4.69, 9.17) is 13.9 Å². The molecule has 0 bridgehead atoms. The van der Waals surface area contributed by atoms with Crippen LogP contribution >= 0.6 is 0 Å². The molecule has 1 amide bonds. The molecule has 8 nitrogen and oxygen atoms in total. The summed E-state index contributed by atoms with van der Waals surface area (Å²) in [6.07, 6.45) is 0. The van der Waals surface area contributed by atoms with Crippen molar-refractivity contribution in [3.63, 3.8) is 0 Å². The van der Waals surface area contributed by atoms with Gasteiger partial charge in [0.15, 0.2) is 22.7 Å². The van der Waals surface area contributed by atoms with E-state index in [1.807, 2.05) is 79.7 Å². The first kappa shape index (κ1) is 23.2. The Hall–Kier alpha value is -4.98. The Labute approximate surface area is 224 Å². The van der Waals surface area contributed by atoms with Crippen LogP contribution in [0.3, 0.4) is 0 Å². The van der Waals surface area contributed by atoms with E-state index in [0.29, 0.717) is 33.9 Å². The number of nitrogens with one attached hydrogen (secondary N) is 1. The number of furan rings is 1. The second-order valence-corrected chi connectivity index (χ2v) is 9.95. The standard InChI is InChI=1S/C31H25N3O5/c1-33(2)20-10-7-18(8-11-20)24-13-14-26(39-24)31(36)34-16-22-28(32-23-6-4-3-5-21(23)30(22)35)29(34)19-9-12-25-27(15-19)38-17-37-25/h3-15,29H,16-17H2,1-2H3,(H,32,35). The lowest BCUT2D eigenvalue weighted by atomic mass is 10.0. The van der Waals surface area contributed by atoms with Crippen molar-refractivity contribution < 1.29 is 18.7 Å². The van der Waals surface area contributed by atoms with Gasteiger partial charge in [-0.25, -0.2) is 0 Å². The predicted molar refractivity (Wildman–Crippen MR) is 147 cm³/mol. The number of aromatic nitrogens is 1. The van der Waals surface area contributed by atoms with Crippen LogP contribution in [0.25, 0.3) is 22.2 Å². The number of para-hydroxylation sites is 1. The summed E-state index contributed by atoms with van der Waals surface area (Å²) in [6.45, 7) is 0.301. The maximum absolute atomic E-state index is 14.0. The summed E-state index contributed by atoms with van der Waals surface area (Å²) in [5, 5.41) is 0.594. The van der Waals surface area contributed by atoms with Crippen molar-refractivity contribution in [2.45, 2.75) is 12.6 Å². The van der Waals surface area contributed by atoms with E-state index >= 15 is 0 Å². The van der Waals surface area contributed by atoms with E-state index in [9.17, 15) is 9.59 Å². The Morgan fingerprint density at radius 3 is 2.56 bits per heavy atom. The Morgan fingerprint density at radius 2 is 1.74 bits per heavy atom. The molecule has 0 spiro atoms. The maximum Gasteiger partial charge on any atom is 0.290 e. The summed E-state index contributed by atoms with van der Waals surface area (Å²) >= 11 is 0. The molecular weight excluding hydrogens is 494 g/mol. The van der Waals surface area contributed by atoms with Gasteiger partial charge in [-0.15, -0.1) is 0 Å². The smallest absolute Gasteiger partial charge is 0.290 e. The topological polar surface area (TPSA) is 88.0 Å². The van der Waals surface area contributed by atoms with Crippen LogP contribution in [-0.2, 0) is 6.54 Å². The highest BCUT2D eigenvalue weighted by atomic mass is 16.7. The number of carbonyl (C=O) groups is 1. The molecule has 2 aliphatic rings. The van der Waals surface area contributed by atoms with Gasteiger partial charge in [0.05, 0.1) is 18.3 Å². The quantitative estimate of drug-likeness (QED) is 0.345. The number of nitrogens with zero attached hydrogens (tertiary/aromatic N) is 2. The summed E-state index contributed by atoms with van der Waals surface area (Å²) in [5.74, 6) is 1.76. The molecule has 2 aromatic heterocycles. The lowest BCUT2D eigenvalue weighted by Crippen LogP contribution is -2.30. The number of benzene rings is 3. The molecular formula is C31H25N3O5. The number of hydrogen-bond acceptors (Lipinski definition) is 6. The van der Waals surface area contributed by atoms with Crippen molar-refractivity contribution in [1.82, 2.24) is 9.88 Å². The number of hydrogen-bond donors (Lipinski definition) is 1. The summed E-state index contributed by atoms with van der Waals surface area (Å²) in [7, 11) is 3.97. The molecule has 3 aromatic carbocycles. The molecule has 0 fully saturated rings. The number of rotatable bonds is 4. The molecule has 2 aliphatic heterocycles. The van der Waals surface area contributed by atoms with E-state index in [2.05, 4.69) is 4.98 Å². The molecule has 0 saturated heterocycles. The summed E-state index contributed by atoms with van der Waals surface area (Å²) in [5.41, 5.74) is 4.65. The van der Waals surface area contributed by atoms with Crippen molar-refractivity contribution in [2.75, 3.05) is 25.8 Å². The SMILES string of the molecule is CN(C)c1ccc(-c2ccc(C(=O)N3Cc4c([nH]c5ccccc5c4=O)C3c3ccc4c(c3)OCO4)o2)cc1. The van der Waals surface area contributed by atoms with Crippen molar-refractivity contribution in [1.29, 1.82) is 0 Å². The number of carbonyl (C=O) groups excluding carboxylic acids is 1. The molecule has 0 radical (unpaired) electrons. The fraction of sp³-hybridized carbons (Fsp3) is 0.161. The molecule has 1 unspecified atom stereocenters. The van der Waals surface area contributed by atoms with Gasteiger partial charge in [0, 0.05) is 41.8 Å². The zero-order chi connectivity index (χ0) is 26.7. The van der Waals surface area contributed by atoms with E-state index in [1.165, 1.54) is 0 Å². The van der Waals surface area contributed by atoms with Crippen LogP contribution in [0.2, 0.25) is 0 Å². The molecule has 8 heteroatoms. The zero-order valence-electron chi connectivity index (χ0n) is 21.4. The molecule has 1 atom stereocenters. The molecule has 194 valence electrons. The van der Waals surface area contributed by atoms with Gasteiger partial charge in [-0.1, -0.05) is 18.2 Å². The number of amides is 1. The molecule has 39 heavy (non-hydrogen) atoms. The van der Waals surface area contributed by atoms with Crippen LogP contribution < -0.4 is 19.8 Å². The largest absolute Gasteiger partial charge is 0.454 e. The van der Waals surface area contributed by atoms with Crippen molar-refractivity contribution in [3.05, 3.63) is 112 Å². The van der Waals surface area contributed by atoms with Gasteiger partial charge in [-0.2, -0.15) is 0 Å². The van der Waals surface area contributed by atoms with Crippen LogP contribution in [0.15, 0.2) is 88.1 Å². The Morgan fingerprint density at radius 1 is 0.949 bits per heavy atom. The first-order valence-corrected chi connectivity index (χ1v) is 12.7. The number of aromatic amines is 1. The third-order valence-corrected chi connectivity index (χ3v) is 7.41. The van der Waals surface area contributed by atoms with E-state index in [0.717, 1.165) is 22.3 Å². The third kappa shape index (κ3) is 3.75. The number of ether oxygens (including phenoxy) is 2. The molecule has 0 aliphatic carbocycles. The van der Waals surface area contributed by atoms with Gasteiger partial charge in [0.2, 0.25) is 6.79 Å². The molecule has 0 saturated carbocycles. The second-order valence-electron chi connectivity index (χ2n) is 9.95. The Balaban J connectivity index is 1.30. The van der Waals surface area contributed by atoms with Gasteiger partial charge in [-0.05, 0) is 66.2 Å². The number of pyridine rings is 1. The van der Waals surface area contributed by atoms with Gasteiger partial charge >= 0.3 is 0 Å². The predicted octanol–water partition coefficient (Wildman–Crippen LogP) is 5.33. The molecule has 4 heterocycles. The highest BCUT2D eigenvalue weighted by Gasteiger charge is 2.39. The average molecular weight is 520 g/mol. The lowest BCUT2D eigenvalue weighted by Gasteiger charge is -2.25. The second kappa shape index (κ2) is 8.80. The molecule has 1 N–H and O–H groups in total. The van der Waals surface area contributed by atoms with Crippen LogP contribution in [0.1, 0.15) is 33.4 Å². The van der Waals surface area contributed by atoms with E-state index in [-0.39, 0.29) is 30.4 Å². The fourth-order valence-corrected chi connectivity index (χ4v) is 5.40. The highest BCUT2D eigenvalue weighted by Crippen LogP contribution is 2.42. The average Bonchev–Trinajstić information content (AvgIpc) is 3.71. The van der Waals surface area contributed by atoms with Crippen molar-refractivity contribution in [3.8, 4) is 22.8 Å². The Bertz CT molecular complexity index is 1800. The monoisotopic (exact) mass is 519 g/mol. The normalized spacial score (nSPS) is 15.5. The lowest BCUT2D eigenvalue weighted by molar-refractivity contribution is 0.0685.